The minimum atomic E-state index is -0.354. The van der Waals surface area contributed by atoms with Crippen LogP contribution in [-0.2, 0) is 27.1 Å². The molecule has 7 nitrogen and oxygen atoms in total. The van der Waals surface area contributed by atoms with Crippen molar-refractivity contribution in [1.29, 1.82) is 0 Å². The number of hydrogen-bond acceptors (Lipinski definition) is 4. The topological polar surface area (TPSA) is 65.1 Å². The van der Waals surface area contributed by atoms with E-state index in [4.69, 9.17) is 0 Å². The van der Waals surface area contributed by atoms with Gasteiger partial charge in [-0.1, -0.05) is 18.2 Å². The highest BCUT2D eigenvalue weighted by molar-refractivity contribution is 5.70. The van der Waals surface area contributed by atoms with E-state index >= 15 is 0 Å². The van der Waals surface area contributed by atoms with E-state index in [0.717, 1.165) is 30.5 Å². The van der Waals surface area contributed by atoms with Crippen LogP contribution >= 0.6 is 0 Å². The molecule has 0 unspecified atom stereocenters. The summed E-state index contributed by atoms with van der Waals surface area (Å²) in [7, 11) is 3.14. The zero-order chi connectivity index (χ0) is 17.6. The van der Waals surface area contributed by atoms with Crippen molar-refractivity contribution in [3.05, 3.63) is 57.0 Å². The van der Waals surface area contributed by atoms with E-state index in [9.17, 15) is 9.59 Å². The lowest BCUT2D eigenvalue weighted by Gasteiger charge is -2.31. The van der Waals surface area contributed by atoms with Crippen LogP contribution in [0.25, 0.3) is 11.2 Å². The molecule has 0 saturated carbocycles. The summed E-state index contributed by atoms with van der Waals surface area (Å²) >= 11 is 0. The lowest BCUT2D eigenvalue weighted by molar-refractivity contribution is 0.627. The van der Waals surface area contributed by atoms with Crippen molar-refractivity contribution in [3.8, 4) is 0 Å². The quantitative estimate of drug-likeness (QED) is 0.711. The number of benzene rings is 1. The van der Waals surface area contributed by atoms with E-state index in [1.54, 1.807) is 13.4 Å². The summed E-state index contributed by atoms with van der Waals surface area (Å²) in [6, 6.07) is 8.48. The monoisotopic (exact) mass is 339 g/mol. The Bertz CT molecular complexity index is 1060. The fourth-order valence-corrected chi connectivity index (χ4v) is 3.64. The lowest BCUT2D eigenvalue weighted by atomic mass is 10.0. The number of imidazole rings is 1. The Labute approximate surface area is 144 Å². The molecule has 25 heavy (non-hydrogen) atoms. The maximum Gasteiger partial charge on any atom is 0.332 e. The molecule has 1 aliphatic heterocycles. The third-order valence-electron chi connectivity index (χ3n) is 5.03. The van der Waals surface area contributed by atoms with Gasteiger partial charge in [0.25, 0.3) is 5.56 Å². The molecule has 0 amide bonds. The number of aryl methyl sites for hydroxylation is 2. The van der Waals surface area contributed by atoms with Crippen molar-refractivity contribution in [3.63, 3.8) is 0 Å². The molecule has 3 aromatic rings. The smallest absolute Gasteiger partial charge is 0.332 e. The van der Waals surface area contributed by atoms with E-state index < -0.39 is 0 Å². The molecule has 0 aliphatic carbocycles. The molecule has 2 aromatic heterocycles. The Morgan fingerprint density at radius 2 is 1.88 bits per heavy atom. The molecule has 0 bridgehead atoms. The number of anilines is 1. The second-order valence-corrected chi connectivity index (χ2v) is 6.54. The molecule has 0 fully saturated rings. The molecule has 130 valence electrons. The van der Waals surface area contributed by atoms with Gasteiger partial charge in [-0.25, -0.2) is 9.78 Å². The first-order valence-corrected chi connectivity index (χ1v) is 8.51. The van der Waals surface area contributed by atoms with Crippen molar-refractivity contribution in [2.45, 2.75) is 19.4 Å². The first kappa shape index (κ1) is 15.7. The average Bonchev–Trinajstić information content (AvgIpc) is 3.07. The van der Waals surface area contributed by atoms with E-state index in [0.29, 0.717) is 17.7 Å². The average molecular weight is 339 g/mol. The fourth-order valence-electron chi connectivity index (χ4n) is 3.64. The van der Waals surface area contributed by atoms with E-state index in [1.165, 1.54) is 22.9 Å². The highest BCUT2D eigenvalue weighted by Gasteiger charge is 2.18. The van der Waals surface area contributed by atoms with Gasteiger partial charge in [0.15, 0.2) is 11.2 Å². The first-order chi connectivity index (χ1) is 12.1. The summed E-state index contributed by atoms with van der Waals surface area (Å²) in [5.74, 6) is 0. The van der Waals surface area contributed by atoms with Gasteiger partial charge < -0.3 is 9.47 Å². The molecule has 0 saturated heterocycles. The summed E-state index contributed by atoms with van der Waals surface area (Å²) in [5.41, 5.74) is 2.92. The number of rotatable bonds is 3. The Hall–Kier alpha value is -2.83. The summed E-state index contributed by atoms with van der Waals surface area (Å²) in [5, 5.41) is 0. The van der Waals surface area contributed by atoms with Gasteiger partial charge in [0.2, 0.25) is 0 Å². The summed E-state index contributed by atoms with van der Waals surface area (Å²) in [4.78, 5) is 31.2. The predicted octanol–water partition coefficient (Wildman–Crippen LogP) is 0.886. The molecule has 3 heterocycles. The van der Waals surface area contributed by atoms with Gasteiger partial charge in [-0.2, -0.15) is 0 Å². The van der Waals surface area contributed by atoms with Crippen LogP contribution in [0, 0.1) is 0 Å². The molecule has 0 N–H and O–H groups in total. The Morgan fingerprint density at radius 3 is 2.72 bits per heavy atom. The number of para-hydroxylation sites is 1. The summed E-state index contributed by atoms with van der Waals surface area (Å²) in [6.45, 7) is 2.47. The first-order valence-electron chi connectivity index (χ1n) is 8.51. The largest absolute Gasteiger partial charge is 0.370 e. The number of aromatic nitrogens is 4. The third-order valence-corrected chi connectivity index (χ3v) is 5.03. The van der Waals surface area contributed by atoms with Crippen LogP contribution in [0.15, 0.2) is 40.2 Å². The van der Waals surface area contributed by atoms with Crippen molar-refractivity contribution >= 4 is 16.9 Å². The summed E-state index contributed by atoms with van der Waals surface area (Å²) < 4.78 is 4.41. The van der Waals surface area contributed by atoms with Gasteiger partial charge in [-0.15, -0.1) is 0 Å². The van der Waals surface area contributed by atoms with Gasteiger partial charge in [-0.05, 0) is 24.5 Å². The van der Waals surface area contributed by atoms with Crippen molar-refractivity contribution in [1.82, 2.24) is 18.7 Å². The Balaban J connectivity index is 1.67. The van der Waals surface area contributed by atoms with Gasteiger partial charge in [0.1, 0.15) is 0 Å². The highest BCUT2D eigenvalue weighted by Crippen LogP contribution is 2.26. The standard InChI is InChI=1S/C18H21N5O2/c1-20-16-15(17(24)21(2)18(20)25)23(12-19-16)11-10-22-9-5-7-13-6-3-4-8-14(13)22/h3-4,6,8,12H,5,7,9-11H2,1-2H3. The molecule has 1 aromatic carbocycles. The zero-order valence-corrected chi connectivity index (χ0v) is 14.5. The molecular formula is C18H21N5O2. The predicted molar refractivity (Wildman–Crippen MR) is 97.2 cm³/mol. The van der Waals surface area contributed by atoms with Crippen molar-refractivity contribution in [2.75, 3.05) is 18.0 Å². The van der Waals surface area contributed by atoms with Gasteiger partial charge >= 0.3 is 5.69 Å². The van der Waals surface area contributed by atoms with Gasteiger partial charge in [0.05, 0.1) is 6.33 Å². The molecule has 0 atom stereocenters. The van der Waals surface area contributed by atoms with Crippen molar-refractivity contribution in [2.24, 2.45) is 14.1 Å². The summed E-state index contributed by atoms with van der Waals surface area (Å²) in [6.07, 6.45) is 3.91. The van der Waals surface area contributed by atoms with Crippen LogP contribution < -0.4 is 16.1 Å². The maximum atomic E-state index is 12.5. The maximum absolute atomic E-state index is 12.5. The van der Waals surface area contributed by atoms with E-state index in [1.807, 2.05) is 4.57 Å². The van der Waals surface area contributed by atoms with Crippen LogP contribution in [0.5, 0.6) is 0 Å². The highest BCUT2D eigenvalue weighted by atomic mass is 16.2. The van der Waals surface area contributed by atoms with Crippen LogP contribution in [0.1, 0.15) is 12.0 Å². The van der Waals surface area contributed by atoms with Crippen LogP contribution in [-0.4, -0.2) is 31.8 Å². The van der Waals surface area contributed by atoms with E-state index in [2.05, 4.69) is 34.1 Å². The second-order valence-electron chi connectivity index (χ2n) is 6.54. The molecule has 7 heteroatoms. The molecule has 0 spiro atoms. The van der Waals surface area contributed by atoms with Gasteiger partial charge in [-0.3, -0.25) is 13.9 Å². The number of nitrogens with zero attached hydrogens (tertiary/aromatic N) is 5. The Kier molecular flexibility index (Phi) is 3.71. The Morgan fingerprint density at radius 1 is 1.08 bits per heavy atom. The van der Waals surface area contributed by atoms with Crippen LogP contribution in [0.2, 0.25) is 0 Å². The second kappa shape index (κ2) is 5.91. The minimum Gasteiger partial charge on any atom is -0.370 e. The SMILES string of the molecule is Cn1c(=O)c2c(ncn2CCN2CCCc3ccccc32)n(C)c1=O. The molecule has 0 radical (unpaired) electrons. The molecular weight excluding hydrogens is 318 g/mol. The van der Waals surface area contributed by atoms with Crippen LogP contribution in [0.3, 0.4) is 0 Å². The van der Waals surface area contributed by atoms with E-state index in [-0.39, 0.29) is 11.2 Å². The molecule has 1 aliphatic rings. The lowest BCUT2D eigenvalue weighted by Crippen LogP contribution is -2.38. The van der Waals surface area contributed by atoms with Crippen molar-refractivity contribution < 1.29 is 0 Å². The number of fused-ring (bicyclic) bond motifs is 2. The fraction of sp³-hybridized carbons (Fsp3) is 0.389. The minimum absolute atomic E-state index is 0.297. The zero-order valence-electron chi connectivity index (χ0n) is 14.5. The van der Waals surface area contributed by atoms with Crippen LogP contribution in [0.4, 0.5) is 5.69 Å². The third kappa shape index (κ3) is 2.47. The van der Waals surface area contributed by atoms with Gasteiger partial charge in [0, 0.05) is 39.4 Å². The number of hydrogen-bond donors (Lipinski definition) is 0. The molecule has 4 rings (SSSR count). The normalized spacial score (nSPS) is 14.1.